The molecule has 1 saturated carbocycles. The van der Waals surface area contributed by atoms with Crippen molar-refractivity contribution in [3.8, 4) is 17.2 Å². The SMILES string of the molecule is C/N=C(\C=N/NC)NC(=O)c1cc(Oc2ccc(S(=O)(=O)C3CC3)cc2)c2c(c1)OC(C)(CO)C2. The van der Waals surface area contributed by atoms with Gasteiger partial charge in [-0.3, -0.25) is 9.79 Å². The number of nitrogens with zero attached hydrogens (tertiary/aromatic N) is 2. The van der Waals surface area contributed by atoms with Gasteiger partial charge in [0, 0.05) is 31.6 Å². The van der Waals surface area contributed by atoms with Gasteiger partial charge in [0.05, 0.1) is 23.0 Å². The van der Waals surface area contributed by atoms with Crippen molar-refractivity contribution in [2.24, 2.45) is 10.1 Å². The van der Waals surface area contributed by atoms with Crippen molar-refractivity contribution in [1.29, 1.82) is 0 Å². The lowest BCUT2D eigenvalue weighted by atomic mass is 9.98. The highest BCUT2D eigenvalue weighted by atomic mass is 32.2. The van der Waals surface area contributed by atoms with E-state index in [0.29, 0.717) is 42.1 Å². The molecule has 0 spiro atoms. The van der Waals surface area contributed by atoms with Crippen LogP contribution in [0.25, 0.3) is 0 Å². The fourth-order valence-corrected chi connectivity index (χ4v) is 5.38. The molecular formula is C24H28N4O6S. The van der Waals surface area contributed by atoms with Gasteiger partial charge < -0.3 is 25.3 Å². The van der Waals surface area contributed by atoms with Crippen molar-refractivity contribution in [2.45, 2.75) is 41.9 Å². The third-order valence-electron chi connectivity index (χ3n) is 5.81. The number of ether oxygens (including phenoxy) is 2. The van der Waals surface area contributed by atoms with Crippen LogP contribution >= 0.6 is 0 Å². The van der Waals surface area contributed by atoms with Crippen LogP contribution in [-0.4, -0.2) is 63.0 Å². The number of carbonyl (C=O) groups excluding carboxylic acids is 1. The van der Waals surface area contributed by atoms with Gasteiger partial charge in [-0.2, -0.15) is 5.10 Å². The van der Waals surface area contributed by atoms with Gasteiger partial charge >= 0.3 is 0 Å². The number of sulfone groups is 1. The maximum absolute atomic E-state index is 12.9. The average Bonchev–Trinajstić information content (AvgIpc) is 3.65. The van der Waals surface area contributed by atoms with Crippen LogP contribution in [0, 0.1) is 0 Å². The first kappa shape index (κ1) is 24.7. The molecular weight excluding hydrogens is 472 g/mol. The Labute approximate surface area is 204 Å². The molecule has 0 saturated heterocycles. The second-order valence-corrected chi connectivity index (χ2v) is 10.9. The van der Waals surface area contributed by atoms with Gasteiger partial charge in [0.1, 0.15) is 28.7 Å². The Kier molecular flexibility index (Phi) is 6.82. The molecule has 0 bridgehead atoms. The summed E-state index contributed by atoms with van der Waals surface area (Å²) in [6.07, 6.45) is 3.13. The number of aliphatic hydroxyl groups is 1. The van der Waals surface area contributed by atoms with E-state index in [0.717, 1.165) is 0 Å². The predicted molar refractivity (Wildman–Crippen MR) is 131 cm³/mol. The number of hydrogen-bond donors (Lipinski definition) is 3. The van der Waals surface area contributed by atoms with Gasteiger partial charge in [-0.15, -0.1) is 0 Å². The largest absolute Gasteiger partial charge is 0.484 e. The minimum atomic E-state index is -3.31. The van der Waals surface area contributed by atoms with E-state index in [1.54, 1.807) is 38.2 Å². The fourth-order valence-electron chi connectivity index (χ4n) is 3.73. The number of amidine groups is 1. The number of hydrogen-bond acceptors (Lipinski definition) is 9. The lowest BCUT2D eigenvalue weighted by Crippen LogP contribution is -2.34. The molecule has 4 rings (SSSR count). The quantitative estimate of drug-likeness (QED) is 0.286. The van der Waals surface area contributed by atoms with Crippen molar-refractivity contribution < 1.29 is 27.8 Å². The third kappa shape index (κ3) is 5.30. The molecule has 2 aromatic carbocycles. The third-order valence-corrected chi connectivity index (χ3v) is 8.09. The molecule has 186 valence electrons. The summed E-state index contributed by atoms with van der Waals surface area (Å²) in [5, 5.41) is 16.0. The molecule has 2 aromatic rings. The van der Waals surface area contributed by atoms with Gasteiger partial charge in [-0.25, -0.2) is 8.42 Å². The van der Waals surface area contributed by atoms with Crippen molar-refractivity contribution >= 4 is 27.8 Å². The van der Waals surface area contributed by atoms with Crippen LogP contribution in [-0.2, 0) is 16.3 Å². The van der Waals surface area contributed by atoms with Gasteiger partial charge in [-0.1, -0.05) is 0 Å². The standard InChI is InChI=1S/C24H28N4O6S/c1-24(14-29)12-19-20(33-16-4-6-17(7-5-16)35(31,32)18-8-9-18)10-15(11-21(19)34-24)23(30)28-22(25-2)13-27-26-3/h4-7,10-11,13,18,26,29H,8-9,12,14H2,1-3H3,(H,25,28,30)/b27-13-. The monoisotopic (exact) mass is 500 g/mol. The van der Waals surface area contributed by atoms with Crippen LogP contribution in [0.2, 0.25) is 0 Å². The first-order chi connectivity index (χ1) is 16.7. The minimum Gasteiger partial charge on any atom is -0.484 e. The van der Waals surface area contributed by atoms with Crippen molar-refractivity contribution in [1.82, 2.24) is 10.7 Å². The highest BCUT2D eigenvalue weighted by Gasteiger charge is 2.38. The highest BCUT2D eigenvalue weighted by Crippen LogP contribution is 2.43. The molecule has 1 aliphatic carbocycles. The zero-order valence-corrected chi connectivity index (χ0v) is 20.6. The van der Waals surface area contributed by atoms with E-state index in [9.17, 15) is 18.3 Å². The van der Waals surface area contributed by atoms with E-state index < -0.39 is 21.3 Å². The van der Waals surface area contributed by atoms with E-state index in [-0.39, 0.29) is 28.2 Å². The lowest BCUT2D eigenvalue weighted by Gasteiger charge is -2.20. The Balaban J connectivity index is 1.64. The van der Waals surface area contributed by atoms with Gasteiger partial charge in [0.15, 0.2) is 9.84 Å². The number of aliphatic imine (C=N–C) groups is 1. The van der Waals surface area contributed by atoms with E-state index in [4.69, 9.17) is 9.47 Å². The lowest BCUT2D eigenvalue weighted by molar-refractivity contribution is 0.0445. The summed E-state index contributed by atoms with van der Waals surface area (Å²) in [5.41, 5.74) is 2.70. The Bertz CT molecular complexity index is 1290. The van der Waals surface area contributed by atoms with Crippen LogP contribution in [0.15, 0.2) is 51.4 Å². The summed E-state index contributed by atoms with van der Waals surface area (Å²) in [6, 6.07) is 9.40. The molecule has 10 nitrogen and oxygen atoms in total. The zero-order chi connectivity index (χ0) is 25.2. The second-order valence-electron chi connectivity index (χ2n) is 8.70. The van der Waals surface area contributed by atoms with Crippen molar-refractivity contribution in [3.63, 3.8) is 0 Å². The molecule has 35 heavy (non-hydrogen) atoms. The molecule has 1 unspecified atom stereocenters. The van der Waals surface area contributed by atoms with Gasteiger partial charge in [-0.05, 0) is 56.2 Å². The number of hydrazone groups is 1. The van der Waals surface area contributed by atoms with Gasteiger partial charge in [0.25, 0.3) is 5.91 Å². The Morgan fingerprint density at radius 2 is 2.00 bits per heavy atom. The molecule has 3 N–H and O–H groups in total. The molecule has 11 heteroatoms. The molecule has 1 heterocycles. The number of aliphatic hydroxyl groups excluding tert-OH is 1. The normalized spacial score (nSPS) is 19.8. The van der Waals surface area contributed by atoms with E-state index >= 15 is 0 Å². The highest BCUT2D eigenvalue weighted by molar-refractivity contribution is 7.92. The zero-order valence-electron chi connectivity index (χ0n) is 19.7. The maximum Gasteiger partial charge on any atom is 0.257 e. The van der Waals surface area contributed by atoms with Crippen LogP contribution in [0.1, 0.15) is 35.7 Å². The van der Waals surface area contributed by atoms with Crippen LogP contribution in [0.4, 0.5) is 0 Å². The Morgan fingerprint density at radius 3 is 2.60 bits per heavy atom. The summed E-state index contributed by atoms with van der Waals surface area (Å²) in [5.74, 6) is 1.01. The topological polar surface area (TPSA) is 139 Å². The summed E-state index contributed by atoms with van der Waals surface area (Å²) >= 11 is 0. The van der Waals surface area contributed by atoms with Crippen LogP contribution in [0.5, 0.6) is 17.2 Å². The number of rotatable bonds is 8. The number of fused-ring (bicyclic) bond motifs is 1. The molecule has 0 aromatic heterocycles. The second kappa shape index (κ2) is 9.67. The summed E-state index contributed by atoms with van der Waals surface area (Å²) in [6.45, 7) is 1.55. The van der Waals surface area contributed by atoms with E-state index in [2.05, 4.69) is 20.8 Å². The predicted octanol–water partition coefficient (Wildman–Crippen LogP) is 2.06. The number of benzene rings is 2. The van der Waals surface area contributed by atoms with Gasteiger partial charge in [0.2, 0.25) is 0 Å². The van der Waals surface area contributed by atoms with E-state index in [1.165, 1.54) is 25.4 Å². The molecule has 1 aliphatic heterocycles. The van der Waals surface area contributed by atoms with E-state index in [1.807, 2.05) is 0 Å². The Hall–Kier alpha value is -3.44. The number of carbonyl (C=O) groups is 1. The average molecular weight is 501 g/mol. The molecule has 1 amide bonds. The smallest absolute Gasteiger partial charge is 0.257 e. The maximum atomic E-state index is 12.9. The number of nitrogens with one attached hydrogen (secondary N) is 2. The first-order valence-corrected chi connectivity index (χ1v) is 12.7. The summed E-state index contributed by atoms with van der Waals surface area (Å²) in [4.78, 5) is 17.2. The molecule has 1 fully saturated rings. The van der Waals surface area contributed by atoms with Crippen LogP contribution in [0.3, 0.4) is 0 Å². The minimum absolute atomic E-state index is 0.219. The fraction of sp³-hybridized carbons (Fsp3) is 0.375. The summed E-state index contributed by atoms with van der Waals surface area (Å²) < 4.78 is 37.0. The van der Waals surface area contributed by atoms with Crippen molar-refractivity contribution in [2.75, 3.05) is 20.7 Å². The van der Waals surface area contributed by atoms with Crippen molar-refractivity contribution in [3.05, 3.63) is 47.5 Å². The Morgan fingerprint density at radius 1 is 1.29 bits per heavy atom. The molecule has 0 radical (unpaired) electrons. The number of amides is 1. The summed E-state index contributed by atoms with van der Waals surface area (Å²) in [7, 11) is -0.156. The molecule has 2 aliphatic rings. The van der Waals surface area contributed by atoms with Crippen LogP contribution < -0.4 is 20.2 Å². The molecule has 1 atom stereocenters. The first-order valence-electron chi connectivity index (χ1n) is 11.2.